The first-order valence-corrected chi connectivity index (χ1v) is 5.92. The van der Waals surface area contributed by atoms with Crippen molar-refractivity contribution in [3.8, 4) is 0 Å². The number of hydrogen-bond donors (Lipinski definition) is 1. The monoisotopic (exact) mass is 171 g/mol. The average Bonchev–Trinajstić information content (AvgIpc) is 2.10. The van der Waals surface area contributed by atoms with E-state index in [1.165, 1.54) is 4.91 Å². The van der Waals surface area contributed by atoms with Gasteiger partial charge in [-0.2, -0.15) is 0 Å². The number of amides is 1. The average molecular weight is 171 g/mol. The van der Waals surface area contributed by atoms with E-state index in [9.17, 15) is 4.79 Å². The highest BCUT2D eigenvalue weighted by Crippen LogP contribution is 2.54. The summed E-state index contributed by atoms with van der Waals surface area (Å²) in [5.74, 6) is -0.236. The van der Waals surface area contributed by atoms with Crippen LogP contribution < -0.4 is 5.73 Å². The number of carbonyl (C=O) groups excluding carboxylic acids is 1. The molecule has 1 rings (SSSR count). The van der Waals surface area contributed by atoms with Gasteiger partial charge in [-0.15, -0.1) is 0 Å². The van der Waals surface area contributed by atoms with E-state index >= 15 is 0 Å². The quantitative estimate of drug-likeness (QED) is 0.669. The van der Waals surface area contributed by atoms with Crippen LogP contribution in [0.5, 0.6) is 0 Å². The third kappa shape index (κ3) is 1.87. The molecule has 0 saturated heterocycles. The Morgan fingerprint density at radius 3 is 2.64 bits per heavy atom. The maximum atomic E-state index is 10.6. The van der Waals surface area contributed by atoms with Gasteiger partial charge in [0.1, 0.15) is 0 Å². The molecule has 0 aromatic carbocycles. The van der Waals surface area contributed by atoms with Gasteiger partial charge in [0.25, 0.3) is 0 Å². The van der Waals surface area contributed by atoms with Crippen LogP contribution in [-0.4, -0.2) is 18.4 Å². The summed E-state index contributed by atoms with van der Waals surface area (Å²) in [6.07, 6.45) is 8.74. The van der Waals surface area contributed by atoms with Crippen LogP contribution in [0.3, 0.4) is 0 Å². The summed E-state index contributed by atoms with van der Waals surface area (Å²) in [5, 5.41) is 2.16. The first-order valence-electron chi connectivity index (χ1n) is 3.41. The maximum absolute atomic E-state index is 10.6. The fourth-order valence-corrected chi connectivity index (χ4v) is 2.61. The lowest BCUT2D eigenvalue weighted by Crippen LogP contribution is -2.12. The summed E-state index contributed by atoms with van der Waals surface area (Å²) in [7, 11) is -0.802. The minimum atomic E-state index is -0.802. The van der Waals surface area contributed by atoms with E-state index in [1.807, 2.05) is 12.2 Å². The molecular weight excluding hydrogens is 158 g/mol. The minimum Gasteiger partial charge on any atom is -0.369 e. The molecule has 1 aliphatic rings. The smallest absolute Gasteiger partial charge is 0.222 e. The lowest BCUT2D eigenvalue weighted by Gasteiger charge is -2.26. The van der Waals surface area contributed by atoms with Gasteiger partial charge in [0.05, 0.1) is 6.42 Å². The first-order chi connectivity index (χ1) is 5.02. The van der Waals surface area contributed by atoms with E-state index in [2.05, 4.69) is 17.9 Å². The summed E-state index contributed by atoms with van der Waals surface area (Å²) < 4.78 is 0. The van der Waals surface area contributed by atoms with Gasteiger partial charge < -0.3 is 5.73 Å². The Balaban J connectivity index is 2.69. The van der Waals surface area contributed by atoms with E-state index in [0.717, 1.165) is 0 Å². The third-order valence-electron chi connectivity index (χ3n) is 1.73. The van der Waals surface area contributed by atoms with E-state index in [-0.39, 0.29) is 5.91 Å². The lowest BCUT2D eigenvalue weighted by atomic mass is 10.3. The molecule has 62 valence electrons. The largest absolute Gasteiger partial charge is 0.369 e. The van der Waals surface area contributed by atoms with Crippen molar-refractivity contribution < 1.29 is 4.79 Å². The molecular formula is C8H13NOS. The molecule has 3 heteroatoms. The summed E-state index contributed by atoms with van der Waals surface area (Å²) in [6, 6.07) is 0. The fourth-order valence-electron chi connectivity index (χ4n) is 1.02. The van der Waals surface area contributed by atoms with E-state index in [4.69, 9.17) is 5.73 Å². The van der Waals surface area contributed by atoms with Gasteiger partial charge in [-0.05, 0) is 22.8 Å². The van der Waals surface area contributed by atoms with E-state index in [0.29, 0.717) is 6.42 Å². The van der Waals surface area contributed by atoms with Crippen molar-refractivity contribution in [3.05, 3.63) is 22.5 Å². The Labute approximate surface area is 68.5 Å². The highest BCUT2D eigenvalue weighted by Gasteiger charge is 2.18. The standard InChI is InChI=1S/C8H13NOS/c1-11(2)5-3-4-7(11)6-8(9)10/h3-5H,6H2,1-2H3,(H2,9,10). The molecule has 2 nitrogen and oxygen atoms in total. The molecule has 0 saturated carbocycles. The SMILES string of the molecule is CS1(C)C=CC=C1CC(N)=O. The maximum Gasteiger partial charge on any atom is 0.222 e. The molecule has 1 amide bonds. The van der Waals surface area contributed by atoms with Crippen molar-refractivity contribution in [2.24, 2.45) is 5.73 Å². The molecule has 0 bridgehead atoms. The van der Waals surface area contributed by atoms with Gasteiger partial charge >= 0.3 is 0 Å². The van der Waals surface area contributed by atoms with Crippen LogP contribution in [-0.2, 0) is 4.79 Å². The Hall–Kier alpha value is -0.700. The van der Waals surface area contributed by atoms with Gasteiger partial charge in [0.2, 0.25) is 5.91 Å². The van der Waals surface area contributed by atoms with Crippen LogP contribution >= 0.6 is 10.0 Å². The second-order valence-electron chi connectivity index (χ2n) is 3.01. The molecule has 11 heavy (non-hydrogen) atoms. The summed E-state index contributed by atoms with van der Waals surface area (Å²) in [4.78, 5) is 11.8. The van der Waals surface area contributed by atoms with Gasteiger partial charge in [0, 0.05) is 0 Å². The normalized spacial score (nSPS) is 22.9. The van der Waals surface area contributed by atoms with Gasteiger partial charge in [-0.25, -0.2) is 10.0 Å². The Morgan fingerprint density at radius 1 is 1.64 bits per heavy atom. The van der Waals surface area contributed by atoms with Crippen LogP contribution in [0.4, 0.5) is 0 Å². The number of hydrogen-bond acceptors (Lipinski definition) is 1. The highest BCUT2D eigenvalue weighted by atomic mass is 32.3. The fraction of sp³-hybridized carbons (Fsp3) is 0.375. The third-order valence-corrected chi connectivity index (χ3v) is 4.19. The molecule has 0 fully saturated rings. The van der Waals surface area contributed by atoms with Crippen molar-refractivity contribution in [1.82, 2.24) is 0 Å². The minimum absolute atomic E-state index is 0.236. The number of allylic oxidation sites excluding steroid dienone is 2. The molecule has 0 aromatic heterocycles. The van der Waals surface area contributed by atoms with Crippen LogP contribution in [0.25, 0.3) is 0 Å². The predicted molar refractivity (Wildman–Crippen MR) is 50.5 cm³/mol. The first kappa shape index (κ1) is 8.40. The zero-order chi connectivity index (χ0) is 8.48. The van der Waals surface area contributed by atoms with Crippen LogP contribution in [0.2, 0.25) is 0 Å². The topological polar surface area (TPSA) is 43.1 Å². The molecule has 0 unspecified atom stereocenters. The van der Waals surface area contributed by atoms with Crippen LogP contribution in [0.15, 0.2) is 22.5 Å². The molecule has 0 atom stereocenters. The summed E-state index contributed by atoms with van der Waals surface area (Å²) in [6.45, 7) is 0. The second kappa shape index (κ2) is 2.74. The Morgan fingerprint density at radius 2 is 2.27 bits per heavy atom. The molecule has 1 heterocycles. The highest BCUT2D eigenvalue weighted by molar-refractivity contribution is 8.38. The molecule has 0 aromatic rings. The van der Waals surface area contributed by atoms with Crippen molar-refractivity contribution in [2.75, 3.05) is 12.5 Å². The second-order valence-corrected chi connectivity index (χ2v) is 6.62. The van der Waals surface area contributed by atoms with Gasteiger partial charge in [-0.1, -0.05) is 12.2 Å². The molecule has 0 aliphatic carbocycles. The van der Waals surface area contributed by atoms with Crippen molar-refractivity contribution in [1.29, 1.82) is 0 Å². The van der Waals surface area contributed by atoms with Crippen molar-refractivity contribution in [3.63, 3.8) is 0 Å². The Kier molecular flexibility index (Phi) is 2.09. The van der Waals surface area contributed by atoms with E-state index < -0.39 is 10.0 Å². The number of carbonyl (C=O) groups is 1. The van der Waals surface area contributed by atoms with E-state index in [1.54, 1.807) is 0 Å². The molecule has 0 radical (unpaired) electrons. The summed E-state index contributed by atoms with van der Waals surface area (Å²) >= 11 is 0. The molecule has 1 aliphatic heterocycles. The molecule has 0 spiro atoms. The Bertz CT molecular complexity index is 240. The lowest BCUT2D eigenvalue weighted by molar-refractivity contribution is -0.117. The van der Waals surface area contributed by atoms with Crippen molar-refractivity contribution >= 4 is 15.9 Å². The number of nitrogens with two attached hydrogens (primary N) is 1. The molecule has 2 N–H and O–H groups in total. The van der Waals surface area contributed by atoms with Crippen LogP contribution in [0, 0.1) is 0 Å². The van der Waals surface area contributed by atoms with Crippen molar-refractivity contribution in [2.45, 2.75) is 6.42 Å². The predicted octanol–water partition coefficient (Wildman–Crippen LogP) is 1.34. The zero-order valence-corrected chi connectivity index (χ0v) is 7.65. The van der Waals surface area contributed by atoms with Crippen LogP contribution in [0.1, 0.15) is 6.42 Å². The number of primary amides is 1. The van der Waals surface area contributed by atoms with Gasteiger partial charge in [-0.3, -0.25) is 4.79 Å². The summed E-state index contributed by atoms with van der Waals surface area (Å²) in [5.41, 5.74) is 5.10. The van der Waals surface area contributed by atoms with Gasteiger partial charge in [0.15, 0.2) is 0 Å². The number of rotatable bonds is 2. The zero-order valence-electron chi connectivity index (χ0n) is 6.83.